The van der Waals surface area contributed by atoms with Crippen molar-refractivity contribution in [1.82, 2.24) is 4.98 Å². The maximum Gasteiger partial charge on any atom is 0.354 e. The minimum atomic E-state index is -3.40. The van der Waals surface area contributed by atoms with E-state index in [-0.39, 0.29) is 9.62 Å². The van der Waals surface area contributed by atoms with E-state index in [2.05, 4.69) is 9.68 Å². The number of nitrogens with one attached hydrogen (secondary N) is 1. The normalized spacial score (nSPS) is 20.5. The van der Waals surface area contributed by atoms with Gasteiger partial charge in [0.25, 0.3) is 0 Å². The Kier molecular flexibility index (Phi) is 4.42. The Bertz CT molecular complexity index is 1180. The van der Waals surface area contributed by atoms with Crippen LogP contribution in [-0.4, -0.2) is 20.3 Å². The standard InChI is InChI=1S/C21H26N4O3S2/c1-20(2,27)12-10-16(29-11-12)30(22,28)25-19(26)24-17-13-4-3-5-15(13)23-18-14(17)6-7-21(18)8-9-21/h10-11,27H,3-9H2,1-2H3,(H3,22,23,24,25,26,28)/t30-/m0/s1. The Morgan fingerprint density at radius 2 is 2.07 bits per heavy atom. The average Bonchev–Trinajstić information content (AvgIpc) is 3.05. The van der Waals surface area contributed by atoms with Crippen molar-refractivity contribution >= 4 is 33.0 Å². The number of rotatable bonds is 3. The van der Waals surface area contributed by atoms with E-state index in [1.54, 1.807) is 25.3 Å². The highest BCUT2D eigenvalue weighted by molar-refractivity contribution is 7.93. The maximum atomic E-state index is 13.0. The number of thiophene rings is 1. The fourth-order valence-corrected chi connectivity index (χ4v) is 6.95. The van der Waals surface area contributed by atoms with Crippen LogP contribution in [0.5, 0.6) is 0 Å². The highest BCUT2D eigenvalue weighted by Gasteiger charge is 2.51. The van der Waals surface area contributed by atoms with Crippen molar-refractivity contribution < 1.29 is 14.1 Å². The zero-order chi connectivity index (χ0) is 21.3. The lowest BCUT2D eigenvalue weighted by Gasteiger charge is -2.16. The molecule has 0 unspecified atom stereocenters. The van der Waals surface area contributed by atoms with E-state index in [4.69, 9.17) is 10.1 Å². The van der Waals surface area contributed by atoms with Gasteiger partial charge < -0.3 is 10.4 Å². The number of fused-ring (bicyclic) bond motifs is 3. The van der Waals surface area contributed by atoms with Gasteiger partial charge in [-0.1, -0.05) is 0 Å². The summed E-state index contributed by atoms with van der Waals surface area (Å²) in [6.45, 7) is 3.27. The zero-order valence-corrected chi connectivity index (χ0v) is 18.8. The van der Waals surface area contributed by atoms with Crippen LogP contribution in [-0.2, 0) is 40.2 Å². The van der Waals surface area contributed by atoms with Crippen LogP contribution < -0.4 is 10.5 Å². The molecule has 30 heavy (non-hydrogen) atoms. The summed E-state index contributed by atoms with van der Waals surface area (Å²) in [7, 11) is -3.40. The van der Waals surface area contributed by atoms with Crippen LogP contribution in [0.25, 0.3) is 0 Å². The Hall–Kier alpha value is -1.81. The molecule has 1 fully saturated rings. The summed E-state index contributed by atoms with van der Waals surface area (Å²) in [4.78, 5) is 17.8. The largest absolute Gasteiger partial charge is 0.386 e. The van der Waals surface area contributed by atoms with Crippen molar-refractivity contribution in [3.05, 3.63) is 39.5 Å². The molecule has 5 rings (SSSR count). The monoisotopic (exact) mass is 446 g/mol. The Balaban J connectivity index is 1.48. The zero-order valence-electron chi connectivity index (χ0n) is 17.2. The third-order valence-electron chi connectivity index (χ3n) is 6.55. The predicted molar refractivity (Wildman–Crippen MR) is 117 cm³/mol. The number of urea groups is 1. The van der Waals surface area contributed by atoms with E-state index in [1.165, 1.54) is 12.8 Å². The van der Waals surface area contributed by atoms with Gasteiger partial charge in [0.2, 0.25) is 0 Å². The van der Waals surface area contributed by atoms with Crippen molar-refractivity contribution in [3.8, 4) is 0 Å². The highest BCUT2D eigenvalue weighted by atomic mass is 32.2. The molecule has 0 bridgehead atoms. The quantitative estimate of drug-likeness (QED) is 0.665. The minimum absolute atomic E-state index is 0.218. The smallest absolute Gasteiger partial charge is 0.354 e. The van der Waals surface area contributed by atoms with Crippen molar-refractivity contribution in [3.63, 3.8) is 0 Å². The van der Waals surface area contributed by atoms with Crippen LogP contribution in [0.15, 0.2) is 20.0 Å². The van der Waals surface area contributed by atoms with Crippen LogP contribution in [0.4, 0.5) is 10.5 Å². The Morgan fingerprint density at radius 1 is 1.30 bits per heavy atom. The Morgan fingerprint density at radius 3 is 2.73 bits per heavy atom. The molecule has 3 aliphatic carbocycles. The lowest BCUT2D eigenvalue weighted by molar-refractivity contribution is 0.0789. The van der Waals surface area contributed by atoms with E-state index in [9.17, 15) is 14.1 Å². The number of aryl methyl sites for hydroxylation is 1. The number of carbonyl (C=O) groups is 1. The molecule has 1 saturated carbocycles. The summed E-state index contributed by atoms with van der Waals surface area (Å²) in [5.74, 6) is 0. The van der Waals surface area contributed by atoms with Gasteiger partial charge in [-0.25, -0.2) is 14.1 Å². The maximum absolute atomic E-state index is 13.0. The molecule has 4 N–H and O–H groups in total. The number of anilines is 1. The summed E-state index contributed by atoms with van der Waals surface area (Å²) in [6, 6.07) is 0.864. The average molecular weight is 447 g/mol. The van der Waals surface area contributed by atoms with Gasteiger partial charge in [0.15, 0.2) is 9.92 Å². The fraction of sp³-hybridized carbons (Fsp3) is 0.524. The topological polar surface area (TPSA) is 118 Å². The molecule has 2 amide bonds. The van der Waals surface area contributed by atoms with Gasteiger partial charge in [-0.15, -0.1) is 15.7 Å². The van der Waals surface area contributed by atoms with Crippen LogP contribution in [0.1, 0.15) is 67.6 Å². The van der Waals surface area contributed by atoms with Gasteiger partial charge in [0, 0.05) is 11.1 Å². The van der Waals surface area contributed by atoms with Gasteiger partial charge in [-0.2, -0.15) is 0 Å². The number of nitrogens with zero attached hydrogens (tertiary/aromatic N) is 2. The molecule has 2 aromatic rings. The number of hydrogen-bond acceptors (Lipinski definition) is 5. The number of pyridine rings is 1. The number of carbonyl (C=O) groups excluding carboxylic acids is 1. The molecule has 1 atom stereocenters. The molecular formula is C21H26N4O3S2. The number of hydrogen-bond donors (Lipinski definition) is 3. The lowest BCUT2D eigenvalue weighted by atomic mass is 10.0. The first-order valence-electron chi connectivity index (χ1n) is 10.3. The molecule has 7 nitrogen and oxygen atoms in total. The van der Waals surface area contributed by atoms with Gasteiger partial charge in [0.05, 0.1) is 17.0 Å². The summed E-state index contributed by atoms with van der Waals surface area (Å²) in [5.41, 5.74) is 5.01. The third kappa shape index (κ3) is 3.28. The summed E-state index contributed by atoms with van der Waals surface area (Å²) in [6.07, 6.45) is 7.17. The molecule has 0 saturated heterocycles. The van der Waals surface area contributed by atoms with Crippen molar-refractivity contribution in [1.29, 1.82) is 0 Å². The van der Waals surface area contributed by atoms with Gasteiger partial charge in [0.1, 0.15) is 4.21 Å². The molecule has 3 aliphatic rings. The number of aromatic nitrogens is 1. The molecule has 160 valence electrons. The number of amides is 2. The molecule has 2 aromatic heterocycles. The molecule has 9 heteroatoms. The van der Waals surface area contributed by atoms with Crippen LogP contribution in [0.3, 0.4) is 0 Å². The predicted octanol–water partition coefficient (Wildman–Crippen LogP) is 3.77. The second-order valence-electron chi connectivity index (χ2n) is 9.18. The van der Waals surface area contributed by atoms with Crippen molar-refractivity contribution in [2.24, 2.45) is 9.50 Å². The van der Waals surface area contributed by atoms with E-state index >= 15 is 0 Å². The summed E-state index contributed by atoms with van der Waals surface area (Å²) in [5, 5.41) is 20.7. The number of nitrogens with two attached hydrogens (primary N) is 1. The van der Waals surface area contributed by atoms with Crippen LogP contribution >= 0.6 is 11.3 Å². The molecular weight excluding hydrogens is 420 g/mol. The van der Waals surface area contributed by atoms with Gasteiger partial charge in [-0.3, -0.25) is 4.98 Å². The molecule has 0 radical (unpaired) electrons. The fourth-order valence-electron chi connectivity index (χ4n) is 4.67. The molecule has 0 aromatic carbocycles. The SMILES string of the molecule is CC(C)(O)c1csc([S@@](N)(=O)=NC(=O)Nc2c3c(nc4c2CCC42CC2)CCC3)c1. The Labute approximate surface area is 180 Å². The molecule has 1 spiro atoms. The summed E-state index contributed by atoms with van der Waals surface area (Å²) < 4.78 is 17.1. The first-order valence-corrected chi connectivity index (χ1v) is 12.8. The van der Waals surface area contributed by atoms with Crippen molar-refractivity contribution in [2.75, 3.05) is 5.32 Å². The van der Waals surface area contributed by atoms with Crippen molar-refractivity contribution in [2.45, 2.75) is 74.0 Å². The molecule has 2 heterocycles. The first-order chi connectivity index (χ1) is 14.1. The van der Waals surface area contributed by atoms with Gasteiger partial charge in [-0.05, 0) is 86.9 Å². The van der Waals surface area contributed by atoms with E-state index in [1.807, 2.05) is 0 Å². The van der Waals surface area contributed by atoms with Crippen LogP contribution in [0.2, 0.25) is 0 Å². The van der Waals surface area contributed by atoms with Crippen LogP contribution in [0, 0.1) is 0 Å². The second-order valence-corrected chi connectivity index (χ2v) is 12.1. The number of aliphatic hydroxyl groups is 1. The van der Waals surface area contributed by atoms with E-state index in [0.717, 1.165) is 71.6 Å². The van der Waals surface area contributed by atoms with E-state index < -0.39 is 21.5 Å². The van der Waals surface area contributed by atoms with E-state index in [0.29, 0.717) is 5.56 Å². The summed E-state index contributed by atoms with van der Waals surface area (Å²) >= 11 is 1.14. The second kappa shape index (κ2) is 6.59. The third-order valence-corrected chi connectivity index (χ3v) is 9.41. The highest BCUT2D eigenvalue weighted by Crippen LogP contribution is 2.58. The van der Waals surface area contributed by atoms with Gasteiger partial charge >= 0.3 is 6.03 Å². The molecule has 0 aliphatic heterocycles. The first kappa shape index (κ1) is 20.1. The minimum Gasteiger partial charge on any atom is -0.386 e. The lowest BCUT2D eigenvalue weighted by Crippen LogP contribution is -2.19.